The summed E-state index contributed by atoms with van der Waals surface area (Å²) in [7, 11) is -3.63. The van der Waals surface area contributed by atoms with Gasteiger partial charge in [-0.1, -0.05) is 5.16 Å². The molecule has 2 atom stereocenters. The van der Waals surface area contributed by atoms with Crippen LogP contribution in [0.3, 0.4) is 0 Å². The van der Waals surface area contributed by atoms with Crippen LogP contribution in [0.4, 0.5) is 5.13 Å². The molecule has 0 aromatic carbocycles. The third kappa shape index (κ3) is 4.51. The van der Waals surface area contributed by atoms with Gasteiger partial charge in [0.25, 0.3) is 11.8 Å². The Kier molecular flexibility index (Phi) is 6.54. The van der Waals surface area contributed by atoms with Crippen molar-refractivity contribution >= 4 is 61.6 Å². The zero-order valence-electron chi connectivity index (χ0n) is 15.7. The second kappa shape index (κ2) is 8.81. The minimum Gasteiger partial charge on any atom is -0.477 e. The third-order valence-electron chi connectivity index (χ3n) is 4.44. The van der Waals surface area contributed by atoms with Gasteiger partial charge in [-0.15, -0.1) is 23.1 Å². The molecule has 0 radical (unpaired) electrons. The van der Waals surface area contributed by atoms with Gasteiger partial charge in [0.2, 0.25) is 0 Å². The number of aromatic nitrogens is 1. The molecule has 13 nitrogen and oxygen atoms in total. The van der Waals surface area contributed by atoms with Crippen LogP contribution in [0.2, 0.25) is 0 Å². The zero-order chi connectivity index (χ0) is 22.9. The molecule has 2 amide bonds. The molecule has 3 heterocycles. The van der Waals surface area contributed by atoms with Crippen molar-refractivity contribution in [1.29, 1.82) is 0 Å². The average Bonchev–Trinajstić information content (AvgIpc) is 3.11. The highest BCUT2D eigenvalue weighted by molar-refractivity contribution is 8.00. The van der Waals surface area contributed by atoms with E-state index in [0.29, 0.717) is 0 Å². The van der Waals surface area contributed by atoms with Crippen molar-refractivity contribution in [2.75, 3.05) is 29.5 Å². The summed E-state index contributed by atoms with van der Waals surface area (Å²) in [5, 5.41) is 24.8. The fourth-order valence-electron chi connectivity index (χ4n) is 3.13. The minimum atomic E-state index is -3.63. The fraction of sp³-hybridized carbons (Fsp3) is 0.400. The van der Waals surface area contributed by atoms with Gasteiger partial charge in [-0.3, -0.25) is 14.5 Å². The van der Waals surface area contributed by atoms with E-state index in [9.17, 15) is 27.9 Å². The Morgan fingerprint density at radius 3 is 2.68 bits per heavy atom. The van der Waals surface area contributed by atoms with Crippen LogP contribution in [0.5, 0.6) is 0 Å². The summed E-state index contributed by atoms with van der Waals surface area (Å²) in [4.78, 5) is 41.7. The number of nitrogens with one attached hydrogen (secondary N) is 1. The van der Waals surface area contributed by atoms with Gasteiger partial charge in [-0.25, -0.2) is 18.2 Å². The molecule has 3 rings (SSSR count). The Morgan fingerprint density at radius 2 is 2.13 bits per heavy atom. The Bertz CT molecular complexity index is 1100. The number of carbonyl (C=O) groups is 3. The van der Waals surface area contributed by atoms with Crippen LogP contribution in [-0.4, -0.2) is 87.3 Å². The lowest BCUT2D eigenvalue weighted by Gasteiger charge is -2.49. The number of carboxylic acids is 1. The third-order valence-corrected chi connectivity index (χ3v) is 8.10. The Labute approximate surface area is 184 Å². The molecule has 0 aliphatic carbocycles. The van der Waals surface area contributed by atoms with E-state index in [-0.39, 0.29) is 34.4 Å². The van der Waals surface area contributed by atoms with Crippen LogP contribution in [0.15, 0.2) is 21.8 Å². The van der Waals surface area contributed by atoms with E-state index >= 15 is 0 Å². The van der Waals surface area contributed by atoms with Crippen molar-refractivity contribution in [3.63, 3.8) is 0 Å². The summed E-state index contributed by atoms with van der Waals surface area (Å²) in [5.41, 5.74) is 10.0. The minimum absolute atomic E-state index is 0.0148. The number of hydrogen-bond donors (Lipinski definition) is 5. The van der Waals surface area contributed by atoms with Gasteiger partial charge in [-0.05, 0) is 5.57 Å². The first-order valence-electron chi connectivity index (χ1n) is 8.64. The number of nitrogens with two attached hydrogens (primary N) is 2. The summed E-state index contributed by atoms with van der Waals surface area (Å²) in [5.74, 6) is -3.88. The SMILES string of the molecule is NCCS(=O)(=O)CC1=C(C(=O)O)N2C(=O)C(NC(=O)/C(=N\O)c3csc(N)n3)[C@H]2SC1. The normalized spacial score (nSPS) is 21.5. The number of carbonyl (C=O) groups excluding carboxylic acids is 2. The zero-order valence-corrected chi connectivity index (χ0v) is 18.2. The number of β-lactam (4-membered cyclic amide) rings is 1. The number of sulfone groups is 1. The molecule has 7 N–H and O–H groups in total. The number of thioether (sulfide) groups is 1. The van der Waals surface area contributed by atoms with E-state index in [1.807, 2.05) is 0 Å². The Balaban J connectivity index is 1.79. The number of anilines is 1. The summed E-state index contributed by atoms with van der Waals surface area (Å²) < 4.78 is 24.2. The largest absolute Gasteiger partial charge is 0.477 e. The molecule has 0 bridgehead atoms. The maximum atomic E-state index is 12.6. The average molecular weight is 491 g/mol. The van der Waals surface area contributed by atoms with Crippen molar-refractivity contribution in [2.45, 2.75) is 11.4 Å². The number of oxime groups is 1. The summed E-state index contributed by atoms with van der Waals surface area (Å²) >= 11 is 2.13. The van der Waals surface area contributed by atoms with Gasteiger partial charge in [0.05, 0.1) is 11.5 Å². The highest BCUT2D eigenvalue weighted by atomic mass is 32.2. The van der Waals surface area contributed by atoms with Crippen molar-refractivity contribution in [3.8, 4) is 0 Å². The maximum Gasteiger partial charge on any atom is 0.352 e. The van der Waals surface area contributed by atoms with Gasteiger partial charge in [0.15, 0.2) is 20.7 Å². The van der Waals surface area contributed by atoms with E-state index in [4.69, 9.17) is 16.7 Å². The number of nitrogens with zero attached hydrogens (tertiary/aromatic N) is 3. The maximum absolute atomic E-state index is 12.6. The van der Waals surface area contributed by atoms with Gasteiger partial charge >= 0.3 is 5.97 Å². The predicted octanol–water partition coefficient (Wildman–Crippen LogP) is -1.98. The molecule has 2 aliphatic heterocycles. The van der Waals surface area contributed by atoms with Crippen molar-refractivity contribution in [3.05, 3.63) is 22.3 Å². The van der Waals surface area contributed by atoms with E-state index < -0.39 is 56.2 Å². The van der Waals surface area contributed by atoms with E-state index in [1.165, 1.54) is 5.38 Å². The standard InChI is InChI=1S/C15H18N6O7S3/c16-1-2-31(27,28)5-6-3-29-13-9(12(23)21(13)10(6)14(24)25)19-11(22)8(20-26)7-4-30-15(17)18-7/h4,9,13,26H,1-3,5,16H2,(H2,17,18)(H,19,22)(H,24,25)/b20-8-/t9?,13-/m1/s1. The monoisotopic (exact) mass is 490 g/mol. The molecule has 168 valence electrons. The molecule has 16 heteroatoms. The van der Waals surface area contributed by atoms with Crippen molar-refractivity contribution in [1.82, 2.24) is 15.2 Å². The lowest BCUT2D eigenvalue weighted by atomic mass is 10.0. The van der Waals surface area contributed by atoms with Crippen molar-refractivity contribution < 1.29 is 33.1 Å². The molecule has 0 spiro atoms. The quantitative estimate of drug-likeness (QED) is 0.116. The van der Waals surface area contributed by atoms with Crippen LogP contribution in [-0.2, 0) is 24.2 Å². The van der Waals surface area contributed by atoms with Gasteiger partial charge in [0.1, 0.15) is 22.8 Å². The first kappa shape index (κ1) is 23.0. The van der Waals surface area contributed by atoms with Crippen LogP contribution in [0.1, 0.15) is 5.69 Å². The summed E-state index contributed by atoms with van der Waals surface area (Å²) in [6.45, 7) is -0.107. The predicted molar refractivity (Wildman–Crippen MR) is 112 cm³/mol. The second-order valence-electron chi connectivity index (χ2n) is 6.52. The van der Waals surface area contributed by atoms with Crippen LogP contribution in [0.25, 0.3) is 0 Å². The number of rotatable bonds is 8. The van der Waals surface area contributed by atoms with Crippen LogP contribution in [0, 0.1) is 0 Å². The fourth-order valence-corrected chi connectivity index (χ4v) is 6.43. The molecule has 1 aromatic rings. The van der Waals surface area contributed by atoms with Gasteiger partial charge in [0, 0.05) is 17.7 Å². The highest BCUT2D eigenvalue weighted by Crippen LogP contribution is 2.40. The number of nitrogen functional groups attached to an aromatic ring is 1. The number of aliphatic carboxylic acids is 1. The van der Waals surface area contributed by atoms with Gasteiger partial charge < -0.3 is 27.1 Å². The van der Waals surface area contributed by atoms with Gasteiger partial charge in [-0.2, -0.15) is 0 Å². The number of thiazole rings is 1. The highest BCUT2D eigenvalue weighted by Gasteiger charge is 2.54. The van der Waals surface area contributed by atoms with Crippen LogP contribution < -0.4 is 16.8 Å². The first-order valence-corrected chi connectivity index (χ1v) is 12.4. The lowest BCUT2D eigenvalue weighted by molar-refractivity contribution is -0.150. The molecule has 2 aliphatic rings. The Morgan fingerprint density at radius 1 is 1.42 bits per heavy atom. The lowest BCUT2D eigenvalue weighted by Crippen LogP contribution is -2.71. The molecule has 0 saturated carbocycles. The molecule has 1 fully saturated rings. The molecular formula is C15H18N6O7S3. The second-order valence-corrected chi connectivity index (χ2v) is 10.7. The van der Waals surface area contributed by atoms with Crippen LogP contribution >= 0.6 is 23.1 Å². The first-order chi connectivity index (χ1) is 14.6. The molecule has 1 saturated heterocycles. The number of fused-ring (bicyclic) bond motifs is 1. The summed E-state index contributed by atoms with van der Waals surface area (Å²) in [6, 6.07) is -1.10. The summed E-state index contributed by atoms with van der Waals surface area (Å²) in [6.07, 6.45) is 0. The number of hydrogen-bond acceptors (Lipinski definition) is 12. The molecule has 1 unspecified atom stereocenters. The van der Waals surface area contributed by atoms with E-state index in [1.54, 1.807) is 0 Å². The van der Waals surface area contributed by atoms with E-state index in [2.05, 4.69) is 15.5 Å². The number of amides is 2. The van der Waals surface area contributed by atoms with E-state index in [0.717, 1.165) is 28.0 Å². The molecular weight excluding hydrogens is 472 g/mol. The Hall–Kier alpha value is -2.69. The topological polar surface area (TPSA) is 218 Å². The molecule has 31 heavy (non-hydrogen) atoms. The smallest absolute Gasteiger partial charge is 0.352 e. The number of carboxylic acid groups (broad SMARTS) is 1. The molecule has 1 aromatic heterocycles. The van der Waals surface area contributed by atoms with Crippen molar-refractivity contribution in [2.24, 2.45) is 10.9 Å².